The van der Waals surface area contributed by atoms with Gasteiger partial charge in [0.05, 0.1) is 30.5 Å². The van der Waals surface area contributed by atoms with Crippen LogP contribution in [-0.2, 0) is 4.74 Å². The van der Waals surface area contributed by atoms with E-state index in [9.17, 15) is 0 Å². The third-order valence-electron chi connectivity index (χ3n) is 5.45. The molecule has 1 saturated heterocycles. The van der Waals surface area contributed by atoms with Crippen molar-refractivity contribution in [3.63, 3.8) is 0 Å². The maximum Gasteiger partial charge on any atom is 0.168 e. The molecule has 2 aromatic carbocycles. The molecule has 5 rings (SSSR count). The topological polar surface area (TPSA) is 68.1 Å². The first kappa shape index (κ1) is 18.6. The molecule has 1 N–H and O–H groups in total. The average molecular weight is 400 g/mol. The number of rotatable bonds is 4. The zero-order chi connectivity index (χ0) is 20.5. The molecule has 1 fully saturated rings. The largest absolute Gasteiger partial charge is 0.378 e. The zero-order valence-corrected chi connectivity index (χ0v) is 17.2. The fraction of sp³-hybridized carbons (Fsp3) is 0.261. The minimum absolute atomic E-state index is 0.745. The van der Waals surface area contributed by atoms with Crippen molar-refractivity contribution in [1.29, 1.82) is 0 Å². The van der Waals surface area contributed by atoms with Crippen LogP contribution in [-0.4, -0.2) is 46.1 Å². The van der Waals surface area contributed by atoms with Crippen molar-refractivity contribution >= 4 is 28.2 Å². The molecule has 0 aliphatic carbocycles. The number of nitrogens with one attached hydrogen (secondary N) is 1. The van der Waals surface area contributed by atoms with Crippen LogP contribution >= 0.6 is 0 Å². The predicted octanol–water partition coefficient (Wildman–Crippen LogP) is 4.01. The van der Waals surface area contributed by atoms with E-state index in [0.29, 0.717) is 0 Å². The Kier molecular flexibility index (Phi) is 4.80. The minimum Gasteiger partial charge on any atom is -0.378 e. The average Bonchev–Trinajstić information content (AvgIpc) is 3.20. The van der Waals surface area contributed by atoms with Crippen LogP contribution in [0.15, 0.2) is 55.0 Å². The number of aromatic nitrogens is 4. The van der Waals surface area contributed by atoms with Gasteiger partial charge in [0.15, 0.2) is 5.65 Å². The summed E-state index contributed by atoms with van der Waals surface area (Å²) < 4.78 is 7.31. The van der Waals surface area contributed by atoms with E-state index in [0.717, 1.165) is 60.1 Å². The van der Waals surface area contributed by atoms with Gasteiger partial charge in [-0.25, -0.2) is 14.6 Å². The number of ether oxygens (including phenoxy) is 1. The van der Waals surface area contributed by atoms with E-state index in [2.05, 4.69) is 81.6 Å². The van der Waals surface area contributed by atoms with Crippen LogP contribution in [0.5, 0.6) is 0 Å². The third kappa shape index (κ3) is 3.48. The lowest BCUT2D eigenvalue weighted by molar-refractivity contribution is 0.122. The molecule has 0 radical (unpaired) electrons. The number of benzene rings is 2. The number of hydrogen-bond acceptors (Lipinski definition) is 6. The Labute approximate surface area is 175 Å². The Morgan fingerprint density at radius 3 is 2.53 bits per heavy atom. The number of nitrogens with zero attached hydrogens (tertiary/aromatic N) is 5. The van der Waals surface area contributed by atoms with Crippen molar-refractivity contribution in [3.05, 3.63) is 66.1 Å². The SMILES string of the molecule is Cc1ccc(-n2ncc3c(Nc4ccc(N5CCOCC5)cc4)ncnc32)c(C)c1. The smallest absolute Gasteiger partial charge is 0.168 e. The highest BCUT2D eigenvalue weighted by Crippen LogP contribution is 2.27. The van der Waals surface area contributed by atoms with E-state index in [1.54, 1.807) is 6.33 Å². The molecular weight excluding hydrogens is 376 g/mol. The molecule has 3 heterocycles. The highest BCUT2D eigenvalue weighted by atomic mass is 16.5. The summed E-state index contributed by atoms with van der Waals surface area (Å²) in [5.41, 5.74) is 6.38. The summed E-state index contributed by atoms with van der Waals surface area (Å²) in [7, 11) is 0. The molecule has 0 saturated carbocycles. The van der Waals surface area contributed by atoms with Gasteiger partial charge in [-0.3, -0.25) is 0 Å². The van der Waals surface area contributed by atoms with Gasteiger partial charge in [0.2, 0.25) is 0 Å². The fourth-order valence-corrected chi connectivity index (χ4v) is 3.88. The van der Waals surface area contributed by atoms with Crippen LogP contribution in [0.25, 0.3) is 16.7 Å². The molecule has 1 aliphatic rings. The first-order valence-electron chi connectivity index (χ1n) is 10.2. The Balaban J connectivity index is 1.43. The molecule has 1 aliphatic heterocycles. The van der Waals surface area contributed by atoms with Gasteiger partial charge in [0.25, 0.3) is 0 Å². The van der Waals surface area contributed by atoms with Crippen LogP contribution in [0.4, 0.5) is 17.2 Å². The van der Waals surface area contributed by atoms with E-state index in [1.165, 1.54) is 11.3 Å². The van der Waals surface area contributed by atoms with Gasteiger partial charge >= 0.3 is 0 Å². The number of anilines is 3. The fourth-order valence-electron chi connectivity index (χ4n) is 3.88. The van der Waals surface area contributed by atoms with E-state index < -0.39 is 0 Å². The number of hydrogen-bond donors (Lipinski definition) is 1. The summed E-state index contributed by atoms with van der Waals surface area (Å²) in [6.45, 7) is 7.60. The highest BCUT2D eigenvalue weighted by Gasteiger charge is 2.14. The van der Waals surface area contributed by atoms with Crippen molar-refractivity contribution < 1.29 is 4.74 Å². The van der Waals surface area contributed by atoms with Crippen molar-refractivity contribution in [3.8, 4) is 5.69 Å². The Morgan fingerprint density at radius 2 is 1.77 bits per heavy atom. The van der Waals surface area contributed by atoms with E-state index >= 15 is 0 Å². The Hall–Kier alpha value is -3.45. The molecule has 4 aromatic rings. The van der Waals surface area contributed by atoms with Gasteiger partial charge in [-0.05, 0) is 49.7 Å². The second-order valence-corrected chi connectivity index (χ2v) is 7.58. The minimum atomic E-state index is 0.745. The van der Waals surface area contributed by atoms with Crippen LogP contribution in [0.1, 0.15) is 11.1 Å². The quantitative estimate of drug-likeness (QED) is 0.558. The summed E-state index contributed by atoms with van der Waals surface area (Å²) in [6.07, 6.45) is 3.40. The maximum atomic E-state index is 5.44. The molecule has 7 nitrogen and oxygen atoms in total. The lowest BCUT2D eigenvalue weighted by atomic mass is 10.1. The first-order chi connectivity index (χ1) is 14.7. The molecule has 0 unspecified atom stereocenters. The van der Waals surface area contributed by atoms with Crippen molar-refractivity contribution in [1.82, 2.24) is 19.7 Å². The predicted molar refractivity (Wildman–Crippen MR) is 119 cm³/mol. The van der Waals surface area contributed by atoms with Crippen molar-refractivity contribution in [2.75, 3.05) is 36.5 Å². The van der Waals surface area contributed by atoms with Crippen LogP contribution in [0.3, 0.4) is 0 Å². The second kappa shape index (κ2) is 7.76. The maximum absolute atomic E-state index is 5.44. The monoisotopic (exact) mass is 400 g/mol. The molecule has 0 atom stereocenters. The number of morpholine rings is 1. The first-order valence-corrected chi connectivity index (χ1v) is 10.2. The van der Waals surface area contributed by atoms with Crippen LogP contribution in [0, 0.1) is 13.8 Å². The zero-order valence-electron chi connectivity index (χ0n) is 17.2. The standard InChI is InChI=1S/C23H24N6O/c1-16-3-8-21(17(2)13-16)29-23-20(14-26-29)22(24-15-25-23)27-18-4-6-19(7-5-18)28-9-11-30-12-10-28/h3-8,13-15H,9-12H2,1-2H3,(H,24,25,27). The summed E-state index contributed by atoms with van der Waals surface area (Å²) in [5, 5.41) is 8.89. The molecule has 30 heavy (non-hydrogen) atoms. The van der Waals surface area contributed by atoms with Crippen LogP contribution in [0.2, 0.25) is 0 Å². The second-order valence-electron chi connectivity index (χ2n) is 7.58. The number of fused-ring (bicyclic) bond motifs is 1. The normalized spacial score (nSPS) is 14.3. The molecule has 2 aromatic heterocycles. The molecule has 0 spiro atoms. The molecular formula is C23H24N6O. The summed E-state index contributed by atoms with van der Waals surface area (Å²) in [4.78, 5) is 11.3. The molecule has 0 amide bonds. The third-order valence-corrected chi connectivity index (χ3v) is 5.45. The van der Waals surface area contributed by atoms with Crippen molar-refractivity contribution in [2.45, 2.75) is 13.8 Å². The summed E-state index contributed by atoms with van der Waals surface area (Å²) >= 11 is 0. The van der Waals surface area contributed by atoms with E-state index in [1.807, 2.05) is 10.9 Å². The van der Waals surface area contributed by atoms with Gasteiger partial charge in [0.1, 0.15) is 12.1 Å². The van der Waals surface area contributed by atoms with Gasteiger partial charge in [-0.15, -0.1) is 0 Å². The Morgan fingerprint density at radius 1 is 0.967 bits per heavy atom. The van der Waals surface area contributed by atoms with Gasteiger partial charge in [-0.1, -0.05) is 17.7 Å². The molecule has 0 bridgehead atoms. The van der Waals surface area contributed by atoms with E-state index in [-0.39, 0.29) is 0 Å². The van der Waals surface area contributed by atoms with Gasteiger partial charge in [-0.2, -0.15) is 5.10 Å². The van der Waals surface area contributed by atoms with Gasteiger partial charge in [0, 0.05) is 24.5 Å². The highest BCUT2D eigenvalue weighted by molar-refractivity contribution is 5.89. The van der Waals surface area contributed by atoms with Crippen LogP contribution < -0.4 is 10.2 Å². The lowest BCUT2D eigenvalue weighted by Gasteiger charge is -2.28. The summed E-state index contributed by atoms with van der Waals surface area (Å²) in [5.74, 6) is 0.745. The summed E-state index contributed by atoms with van der Waals surface area (Å²) in [6, 6.07) is 14.7. The number of aryl methyl sites for hydroxylation is 2. The van der Waals surface area contributed by atoms with E-state index in [4.69, 9.17) is 4.74 Å². The molecule has 7 heteroatoms. The Bertz CT molecular complexity index is 1180. The lowest BCUT2D eigenvalue weighted by Crippen LogP contribution is -2.36. The molecule has 152 valence electrons. The van der Waals surface area contributed by atoms with Crippen molar-refractivity contribution in [2.24, 2.45) is 0 Å². The van der Waals surface area contributed by atoms with Gasteiger partial charge < -0.3 is 15.0 Å².